The molecule has 15 heavy (non-hydrogen) atoms. The number of piperidine rings is 1. The van der Waals surface area contributed by atoms with Crippen LogP contribution in [0.1, 0.15) is 32.3 Å². The second kappa shape index (κ2) is 5.66. The molecule has 1 N–H and O–H groups in total. The van der Waals surface area contributed by atoms with Crippen molar-refractivity contribution >= 4 is 5.95 Å². The first-order valence-corrected chi connectivity index (χ1v) is 5.07. The van der Waals surface area contributed by atoms with Gasteiger partial charge in [-0.25, -0.2) is 9.97 Å². The van der Waals surface area contributed by atoms with E-state index in [0.29, 0.717) is 0 Å². The fraction of sp³-hybridized carbons (Fsp3) is 0.636. The summed E-state index contributed by atoms with van der Waals surface area (Å²) in [7, 11) is 0. The highest BCUT2D eigenvalue weighted by Crippen LogP contribution is 2.14. The Morgan fingerprint density at radius 1 is 1.13 bits per heavy atom. The molecule has 1 saturated heterocycles. The van der Waals surface area contributed by atoms with Crippen molar-refractivity contribution < 1.29 is 5.11 Å². The summed E-state index contributed by atoms with van der Waals surface area (Å²) >= 11 is 0. The highest BCUT2D eigenvalue weighted by molar-refractivity contribution is 5.30. The van der Waals surface area contributed by atoms with Gasteiger partial charge in [-0.1, -0.05) is 7.43 Å². The Labute approximate surface area is 91.0 Å². The molecular weight excluding hydrogens is 190 g/mol. The minimum absolute atomic E-state index is 0. The summed E-state index contributed by atoms with van der Waals surface area (Å²) in [5, 5.41) is 8.85. The van der Waals surface area contributed by atoms with Gasteiger partial charge in [-0.2, -0.15) is 0 Å². The summed E-state index contributed by atoms with van der Waals surface area (Å²) in [6, 6.07) is 0. The number of rotatable bonds is 2. The number of hydrogen-bond acceptors (Lipinski definition) is 4. The maximum absolute atomic E-state index is 8.85. The highest BCUT2D eigenvalue weighted by atomic mass is 16.3. The van der Waals surface area contributed by atoms with Crippen molar-refractivity contribution in [1.82, 2.24) is 9.97 Å². The number of nitrogens with zero attached hydrogens (tertiary/aromatic N) is 3. The molecule has 1 aliphatic rings. The average Bonchev–Trinajstić information content (AvgIpc) is 2.30. The van der Waals surface area contributed by atoms with Gasteiger partial charge in [-0.05, 0) is 19.3 Å². The summed E-state index contributed by atoms with van der Waals surface area (Å²) in [5.74, 6) is 0.793. The number of aromatic nitrogens is 2. The van der Waals surface area contributed by atoms with Crippen molar-refractivity contribution in [2.24, 2.45) is 0 Å². The van der Waals surface area contributed by atoms with E-state index >= 15 is 0 Å². The Bertz CT molecular complexity index is 280. The predicted octanol–water partition coefficient (Wildman–Crippen LogP) is 1.60. The van der Waals surface area contributed by atoms with Gasteiger partial charge in [0.2, 0.25) is 5.95 Å². The third kappa shape index (κ3) is 2.89. The predicted molar refractivity (Wildman–Crippen MR) is 60.7 cm³/mol. The van der Waals surface area contributed by atoms with E-state index in [0.717, 1.165) is 24.6 Å². The maximum Gasteiger partial charge on any atom is 0.225 e. The Hall–Kier alpha value is -1.16. The number of anilines is 1. The standard InChI is InChI=1S/C10H15N3O.CH4/c14-8-9-6-11-10(12-7-9)13-4-2-1-3-5-13;/h6-7,14H,1-5,8H2;1H4. The lowest BCUT2D eigenvalue weighted by atomic mass is 10.1. The monoisotopic (exact) mass is 209 g/mol. The number of aliphatic hydroxyl groups is 1. The fourth-order valence-electron chi connectivity index (χ4n) is 1.69. The number of hydrogen-bond donors (Lipinski definition) is 1. The van der Waals surface area contributed by atoms with Gasteiger partial charge in [-0.3, -0.25) is 0 Å². The van der Waals surface area contributed by atoms with Crippen molar-refractivity contribution in [3.05, 3.63) is 18.0 Å². The van der Waals surface area contributed by atoms with Crippen molar-refractivity contribution in [2.45, 2.75) is 33.3 Å². The third-order valence-electron chi connectivity index (χ3n) is 2.51. The molecule has 1 fully saturated rings. The van der Waals surface area contributed by atoms with E-state index in [9.17, 15) is 0 Å². The van der Waals surface area contributed by atoms with Crippen LogP contribution in [0.3, 0.4) is 0 Å². The molecule has 0 aliphatic carbocycles. The lowest BCUT2D eigenvalue weighted by Crippen LogP contribution is -2.30. The molecule has 1 aromatic heterocycles. The topological polar surface area (TPSA) is 49.3 Å². The molecule has 0 saturated carbocycles. The molecular formula is C11H19N3O. The van der Waals surface area contributed by atoms with Gasteiger partial charge in [0.1, 0.15) is 0 Å². The Kier molecular flexibility index (Phi) is 4.49. The van der Waals surface area contributed by atoms with Gasteiger partial charge in [0, 0.05) is 31.0 Å². The minimum atomic E-state index is 0. The molecule has 1 aromatic rings. The smallest absolute Gasteiger partial charge is 0.225 e. The molecule has 0 amide bonds. The second-order valence-electron chi connectivity index (χ2n) is 3.60. The SMILES string of the molecule is C.OCc1cnc(N2CCCCC2)nc1. The zero-order valence-corrected chi connectivity index (χ0v) is 8.19. The van der Waals surface area contributed by atoms with Gasteiger partial charge < -0.3 is 10.0 Å². The summed E-state index contributed by atoms with van der Waals surface area (Å²) < 4.78 is 0. The van der Waals surface area contributed by atoms with Gasteiger partial charge in [0.05, 0.1) is 6.61 Å². The molecule has 4 nitrogen and oxygen atoms in total. The zero-order chi connectivity index (χ0) is 9.80. The molecule has 4 heteroatoms. The molecule has 0 atom stereocenters. The van der Waals surface area contributed by atoms with E-state index in [1.807, 2.05) is 0 Å². The average molecular weight is 209 g/mol. The molecule has 2 heterocycles. The maximum atomic E-state index is 8.85. The van der Waals surface area contributed by atoms with Crippen LogP contribution in [0, 0.1) is 0 Å². The first-order valence-electron chi connectivity index (χ1n) is 5.07. The van der Waals surface area contributed by atoms with Crippen LogP contribution in [0.15, 0.2) is 12.4 Å². The van der Waals surface area contributed by atoms with Crippen LogP contribution < -0.4 is 4.90 Å². The van der Waals surface area contributed by atoms with E-state index in [2.05, 4.69) is 14.9 Å². The third-order valence-corrected chi connectivity index (χ3v) is 2.51. The molecule has 2 rings (SSSR count). The lowest BCUT2D eigenvalue weighted by molar-refractivity contribution is 0.281. The van der Waals surface area contributed by atoms with E-state index < -0.39 is 0 Å². The minimum Gasteiger partial charge on any atom is -0.392 e. The van der Waals surface area contributed by atoms with Gasteiger partial charge in [0.25, 0.3) is 0 Å². The van der Waals surface area contributed by atoms with Gasteiger partial charge in [0.15, 0.2) is 0 Å². The van der Waals surface area contributed by atoms with Crippen molar-refractivity contribution in [1.29, 1.82) is 0 Å². The van der Waals surface area contributed by atoms with Crippen LogP contribution in [-0.2, 0) is 6.61 Å². The van der Waals surface area contributed by atoms with Crippen molar-refractivity contribution in [2.75, 3.05) is 18.0 Å². The molecule has 1 aliphatic heterocycles. The van der Waals surface area contributed by atoms with Crippen LogP contribution in [0.25, 0.3) is 0 Å². The fourth-order valence-corrected chi connectivity index (χ4v) is 1.69. The molecule has 0 bridgehead atoms. The van der Waals surface area contributed by atoms with E-state index in [4.69, 9.17) is 5.11 Å². The Morgan fingerprint density at radius 2 is 1.73 bits per heavy atom. The normalized spacial score (nSPS) is 15.9. The summed E-state index contributed by atoms with van der Waals surface area (Å²) in [4.78, 5) is 10.7. The molecule has 0 aromatic carbocycles. The lowest BCUT2D eigenvalue weighted by Gasteiger charge is -2.26. The molecule has 84 valence electrons. The van der Waals surface area contributed by atoms with Gasteiger partial charge in [-0.15, -0.1) is 0 Å². The molecule has 0 radical (unpaired) electrons. The Morgan fingerprint density at radius 3 is 2.27 bits per heavy atom. The Balaban J connectivity index is 0.00000112. The van der Waals surface area contributed by atoms with Crippen LogP contribution in [-0.4, -0.2) is 28.2 Å². The van der Waals surface area contributed by atoms with Crippen LogP contribution >= 0.6 is 0 Å². The highest BCUT2D eigenvalue weighted by Gasteiger charge is 2.12. The summed E-state index contributed by atoms with van der Waals surface area (Å²) in [6.07, 6.45) is 7.15. The number of aliphatic hydroxyl groups excluding tert-OH is 1. The van der Waals surface area contributed by atoms with Crippen molar-refractivity contribution in [3.63, 3.8) is 0 Å². The summed E-state index contributed by atoms with van der Waals surface area (Å²) in [5.41, 5.74) is 0.769. The first kappa shape index (κ1) is 11.9. The molecule has 0 spiro atoms. The van der Waals surface area contributed by atoms with Gasteiger partial charge >= 0.3 is 0 Å². The quantitative estimate of drug-likeness (QED) is 0.803. The van der Waals surface area contributed by atoms with E-state index in [1.165, 1.54) is 19.3 Å². The zero-order valence-electron chi connectivity index (χ0n) is 8.19. The first-order chi connectivity index (χ1) is 6.90. The van der Waals surface area contributed by atoms with Crippen LogP contribution in [0.5, 0.6) is 0 Å². The molecule has 0 unspecified atom stereocenters. The van der Waals surface area contributed by atoms with Crippen LogP contribution in [0.2, 0.25) is 0 Å². The largest absolute Gasteiger partial charge is 0.392 e. The van der Waals surface area contributed by atoms with E-state index in [-0.39, 0.29) is 14.0 Å². The van der Waals surface area contributed by atoms with Crippen LogP contribution in [0.4, 0.5) is 5.95 Å². The second-order valence-corrected chi connectivity index (χ2v) is 3.60. The van der Waals surface area contributed by atoms with Crippen molar-refractivity contribution in [3.8, 4) is 0 Å². The van der Waals surface area contributed by atoms with E-state index in [1.54, 1.807) is 12.4 Å². The summed E-state index contributed by atoms with van der Waals surface area (Å²) in [6.45, 7) is 2.12.